The van der Waals surface area contributed by atoms with Crippen molar-refractivity contribution in [3.63, 3.8) is 0 Å². The molecule has 10 rings (SSSR count). The fourth-order valence-corrected chi connectivity index (χ4v) is 11.9. The van der Waals surface area contributed by atoms with Crippen molar-refractivity contribution in [3.05, 3.63) is 52.8 Å². The lowest BCUT2D eigenvalue weighted by molar-refractivity contribution is -0.100. The highest BCUT2D eigenvalue weighted by molar-refractivity contribution is 7.23. The summed E-state index contributed by atoms with van der Waals surface area (Å²) in [6.07, 6.45) is 5.61. The molecule has 58 heavy (non-hydrogen) atoms. The lowest BCUT2D eigenvalue weighted by Gasteiger charge is -2.64. The van der Waals surface area contributed by atoms with Crippen LogP contribution >= 0.6 is 22.9 Å². The minimum Gasteiger partial charge on any atom is -0.461 e. The number of fused-ring (bicyclic) bond motifs is 3. The van der Waals surface area contributed by atoms with Crippen LogP contribution in [0.25, 0.3) is 32.1 Å². The molecule has 2 aromatic carbocycles. The Bertz CT molecular complexity index is 2560. The van der Waals surface area contributed by atoms with E-state index < -0.39 is 35.5 Å². The molecular formula is C40H39ClF4N10O2S. The Morgan fingerprint density at radius 1 is 1.16 bits per heavy atom. The highest BCUT2D eigenvalue weighted by Crippen LogP contribution is 2.55. The van der Waals surface area contributed by atoms with Crippen LogP contribution in [0.4, 0.5) is 33.2 Å². The molecule has 12 nitrogen and oxygen atoms in total. The number of anilines is 2. The van der Waals surface area contributed by atoms with Gasteiger partial charge in [-0.05, 0) is 75.6 Å². The van der Waals surface area contributed by atoms with E-state index in [0.29, 0.717) is 37.3 Å². The van der Waals surface area contributed by atoms with Crippen LogP contribution in [0.3, 0.4) is 0 Å². The molecule has 4 saturated heterocycles. The SMILES string of the molecule is C[C@H]1CC[C@]2(CN(C(=O)n3cnc(F)n3)[C@@H]2C2CCC2)CN1c1nc(OC[C@@]23CCCN2C[C@H](F)C3)nc2c(F)c(-c3ccc(F)c4sc(N)c(C#N)c34)c(Cl)cc12. The number of nitrogens with zero attached hydrogens (tertiary/aromatic N) is 9. The van der Waals surface area contributed by atoms with E-state index in [0.717, 1.165) is 73.8 Å². The molecule has 5 atom stereocenters. The second kappa shape index (κ2) is 13.6. The molecule has 0 radical (unpaired) electrons. The van der Waals surface area contributed by atoms with Crippen molar-refractivity contribution in [1.82, 2.24) is 34.5 Å². The summed E-state index contributed by atoms with van der Waals surface area (Å²) in [7, 11) is 0. The van der Waals surface area contributed by atoms with Gasteiger partial charge in [0.25, 0.3) is 0 Å². The molecule has 1 aliphatic carbocycles. The van der Waals surface area contributed by atoms with E-state index in [1.165, 1.54) is 12.1 Å². The fourth-order valence-electron chi connectivity index (χ4n) is 10.6. The summed E-state index contributed by atoms with van der Waals surface area (Å²) >= 11 is 7.92. The van der Waals surface area contributed by atoms with Gasteiger partial charge in [-0.3, -0.25) is 4.90 Å². The Hall–Kier alpha value is -4.79. The lowest BCUT2D eigenvalue weighted by atomic mass is 9.58. The van der Waals surface area contributed by atoms with Crippen molar-refractivity contribution in [2.24, 2.45) is 11.3 Å². The maximum atomic E-state index is 17.5. The zero-order chi connectivity index (χ0) is 40.2. The molecule has 0 unspecified atom stereocenters. The van der Waals surface area contributed by atoms with E-state index >= 15 is 8.78 Å². The number of nitrogens with two attached hydrogens (primary N) is 1. The van der Waals surface area contributed by atoms with Crippen LogP contribution < -0.4 is 15.4 Å². The van der Waals surface area contributed by atoms with E-state index in [-0.39, 0.29) is 78.4 Å². The second-order valence-corrected chi connectivity index (χ2v) is 18.2. The number of halogens is 5. The molecule has 5 fully saturated rings. The highest BCUT2D eigenvalue weighted by Gasteiger charge is 2.60. The number of carbonyl (C=O) groups is 1. The summed E-state index contributed by atoms with van der Waals surface area (Å²) in [5.74, 6) is -0.773. The third-order valence-corrected chi connectivity index (χ3v) is 14.9. The van der Waals surface area contributed by atoms with Crippen LogP contribution in [0.2, 0.25) is 5.02 Å². The first-order valence-corrected chi connectivity index (χ1v) is 20.9. The van der Waals surface area contributed by atoms with Gasteiger partial charge in [0, 0.05) is 59.9 Å². The quantitative estimate of drug-likeness (QED) is 0.169. The lowest BCUT2D eigenvalue weighted by Crippen LogP contribution is -2.74. The number of alkyl halides is 1. The first-order chi connectivity index (χ1) is 27.9. The van der Waals surface area contributed by atoms with E-state index in [4.69, 9.17) is 27.1 Å². The van der Waals surface area contributed by atoms with Gasteiger partial charge in [0.1, 0.15) is 47.3 Å². The number of hydrogen-bond donors (Lipinski definition) is 1. The van der Waals surface area contributed by atoms with Gasteiger partial charge >= 0.3 is 18.1 Å². The summed E-state index contributed by atoms with van der Waals surface area (Å²) in [6.45, 7) is 4.14. The van der Waals surface area contributed by atoms with Crippen molar-refractivity contribution in [2.45, 2.75) is 82.1 Å². The smallest absolute Gasteiger partial charge is 0.346 e. The standard InChI is InChI=1S/C40H39ClF4N10O2S/c1-20-8-10-39(17-54(33(39)21-4-2-5-21)38(56)55-19-48-36(45)51-55)16-53(20)35-24-12-26(41)29(23-6-7-27(43)32-28(23)25(14-46)34(47)58-32)30(44)31(24)49-37(50-35)57-18-40-9-3-11-52(40)15-22(42)13-40/h6-7,12,19-22,33H,2-5,8-11,13,15-18,47H2,1H3/t20-,22+,33+,39+,40-/m0/s1. The molecule has 4 aliphatic heterocycles. The summed E-state index contributed by atoms with van der Waals surface area (Å²) in [6, 6.07) is 5.48. The van der Waals surface area contributed by atoms with Gasteiger partial charge in [0.05, 0.1) is 20.8 Å². The molecule has 2 N–H and O–H groups in total. The monoisotopic (exact) mass is 834 g/mol. The minimum absolute atomic E-state index is 0.00211. The van der Waals surface area contributed by atoms with Gasteiger partial charge in [-0.2, -0.15) is 29.3 Å². The van der Waals surface area contributed by atoms with Crippen molar-refractivity contribution in [2.75, 3.05) is 43.4 Å². The number of ether oxygens (including phenoxy) is 1. The van der Waals surface area contributed by atoms with E-state index in [2.05, 4.69) is 31.8 Å². The highest BCUT2D eigenvalue weighted by atomic mass is 35.5. The molecule has 1 amide bonds. The van der Waals surface area contributed by atoms with Gasteiger partial charge in [-0.15, -0.1) is 16.4 Å². The van der Waals surface area contributed by atoms with Crippen LogP contribution in [0.5, 0.6) is 6.01 Å². The first kappa shape index (κ1) is 37.5. The van der Waals surface area contributed by atoms with Crippen molar-refractivity contribution >= 4 is 60.8 Å². The summed E-state index contributed by atoms with van der Waals surface area (Å²) < 4.78 is 68.6. The number of likely N-dealkylation sites (tertiary alicyclic amines) is 1. The number of piperidine rings is 1. The van der Waals surface area contributed by atoms with E-state index in [1.54, 1.807) is 11.0 Å². The summed E-state index contributed by atoms with van der Waals surface area (Å²) in [4.78, 5) is 32.8. The third-order valence-electron chi connectivity index (χ3n) is 13.6. The topological polar surface area (TPSA) is 142 Å². The Morgan fingerprint density at radius 2 is 1.98 bits per heavy atom. The maximum absolute atomic E-state index is 17.5. The van der Waals surface area contributed by atoms with Gasteiger partial charge in [0.15, 0.2) is 5.82 Å². The zero-order valence-electron chi connectivity index (χ0n) is 31.5. The summed E-state index contributed by atoms with van der Waals surface area (Å²) in [5.41, 5.74) is 5.30. The number of rotatable bonds is 6. The average molecular weight is 835 g/mol. The average Bonchev–Trinajstić information content (AvgIpc) is 3.94. The fraction of sp³-hybridized carbons (Fsp3) is 0.500. The molecule has 7 heterocycles. The number of benzene rings is 2. The van der Waals surface area contributed by atoms with Gasteiger partial charge in [0.2, 0.25) is 0 Å². The van der Waals surface area contributed by atoms with Gasteiger partial charge < -0.3 is 20.3 Å². The van der Waals surface area contributed by atoms with Crippen LogP contribution in [-0.4, -0.2) is 97.1 Å². The molecule has 5 aromatic rings. The first-order valence-electron chi connectivity index (χ1n) is 19.7. The zero-order valence-corrected chi connectivity index (χ0v) is 33.1. The molecule has 1 spiro atoms. The van der Waals surface area contributed by atoms with Crippen molar-refractivity contribution in [3.8, 4) is 23.2 Å². The molecule has 3 aromatic heterocycles. The van der Waals surface area contributed by atoms with Crippen molar-refractivity contribution in [1.29, 1.82) is 5.26 Å². The van der Waals surface area contributed by atoms with Gasteiger partial charge in [-0.25, -0.2) is 18.0 Å². The molecule has 1 saturated carbocycles. The Balaban J connectivity index is 1.09. The van der Waals surface area contributed by atoms with Gasteiger partial charge in [-0.1, -0.05) is 24.1 Å². The number of nitriles is 1. The van der Waals surface area contributed by atoms with Crippen LogP contribution in [-0.2, 0) is 0 Å². The van der Waals surface area contributed by atoms with E-state index in [9.17, 15) is 18.8 Å². The normalized spacial score (nSPS) is 27.3. The number of hydrogen-bond acceptors (Lipinski definition) is 11. The van der Waals surface area contributed by atoms with Crippen LogP contribution in [0.15, 0.2) is 24.5 Å². The largest absolute Gasteiger partial charge is 0.461 e. The number of thiophene rings is 1. The Kier molecular flexibility index (Phi) is 8.81. The maximum Gasteiger partial charge on any atom is 0.346 e. The Labute approximate surface area is 339 Å². The number of amides is 1. The third kappa shape index (κ3) is 5.65. The second-order valence-electron chi connectivity index (χ2n) is 16.8. The molecular weight excluding hydrogens is 796 g/mol. The number of nitrogen functional groups attached to an aromatic ring is 1. The molecule has 302 valence electrons. The number of carbonyl (C=O) groups excluding carboxylic acids is 1. The van der Waals surface area contributed by atoms with E-state index in [1.807, 2.05) is 6.07 Å². The predicted molar refractivity (Wildman–Crippen MR) is 210 cm³/mol. The molecule has 18 heteroatoms. The van der Waals surface area contributed by atoms with Crippen LogP contribution in [0, 0.1) is 40.4 Å². The van der Waals surface area contributed by atoms with Crippen LogP contribution in [0.1, 0.15) is 63.9 Å². The molecule has 5 aliphatic rings. The Morgan fingerprint density at radius 3 is 2.72 bits per heavy atom. The minimum atomic E-state index is -0.984. The predicted octanol–water partition coefficient (Wildman–Crippen LogP) is 7.71. The number of aromatic nitrogens is 5. The summed E-state index contributed by atoms with van der Waals surface area (Å²) in [5, 5.41) is 14.2. The van der Waals surface area contributed by atoms with Crippen molar-refractivity contribution < 1.29 is 27.1 Å². The molecule has 0 bridgehead atoms.